The fourth-order valence-electron chi connectivity index (χ4n) is 2.85. The van der Waals surface area contributed by atoms with Crippen molar-refractivity contribution in [2.24, 2.45) is 0 Å². The van der Waals surface area contributed by atoms with E-state index < -0.39 is 17.8 Å². The molecule has 3 aromatic rings. The van der Waals surface area contributed by atoms with Crippen molar-refractivity contribution in [2.75, 3.05) is 24.0 Å². The number of benzene rings is 2. The Labute approximate surface area is 164 Å². The van der Waals surface area contributed by atoms with Gasteiger partial charge in [0.1, 0.15) is 11.3 Å². The molecule has 148 valence electrons. The van der Waals surface area contributed by atoms with E-state index in [4.69, 9.17) is 18.6 Å². The predicted octanol–water partition coefficient (Wildman–Crippen LogP) is 2.92. The van der Waals surface area contributed by atoms with Gasteiger partial charge in [-0.3, -0.25) is 9.59 Å². The second-order valence-corrected chi connectivity index (χ2v) is 6.00. The largest absolute Gasteiger partial charge is 0.459 e. The zero-order valence-corrected chi connectivity index (χ0v) is 15.3. The predicted molar refractivity (Wildman–Crippen MR) is 102 cm³/mol. The van der Waals surface area contributed by atoms with Crippen LogP contribution in [0.1, 0.15) is 17.5 Å². The number of ether oxygens (including phenoxy) is 3. The lowest BCUT2D eigenvalue weighted by Gasteiger charge is -2.07. The van der Waals surface area contributed by atoms with E-state index in [0.29, 0.717) is 28.2 Å². The zero-order chi connectivity index (χ0) is 20.4. The van der Waals surface area contributed by atoms with Gasteiger partial charge < -0.3 is 29.3 Å². The molecule has 0 spiro atoms. The van der Waals surface area contributed by atoms with Gasteiger partial charge in [-0.1, -0.05) is 12.1 Å². The molecule has 0 bridgehead atoms. The molecule has 4 rings (SSSR count). The van der Waals surface area contributed by atoms with Gasteiger partial charge in [0.2, 0.25) is 12.6 Å². The van der Waals surface area contributed by atoms with E-state index in [-0.39, 0.29) is 24.8 Å². The number of fused-ring (bicyclic) bond motifs is 2. The molecular formula is C20H16N2O7. The Morgan fingerprint density at radius 2 is 1.83 bits per heavy atom. The highest BCUT2D eigenvalue weighted by Crippen LogP contribution is 2.35. The average molecular weight is 396 g/mol. The molecule has 0 radical (unpaired) electrons. The number of hydrogen-bond donors (Lipinski definition) is 2. The summed E-state index contributed by atoms with van der Waals surface area (Å²) in [5.41, 5.74) is 0.904. The maximum absolute atomic E-state index is 12.8. The molecule has 1 aliphatic heterocycles. The monoisotopic (exact) mass is 396 g/mol. The van der Waals surface area contributed by atoms with E-state index >= 15 is 0 Å². The summed E-state index contributed by atoms with van der Waals surface area (Å²) in [7, 11) is 0. The number of amides is 2. The number of esters is 1. The maximum Gasteiger partial charge on any atom is 0.397 e. The highest BCUT2D eigenvalue weighted by molar-refractivity contribution is 6.38. The molecule has 0 atom stereocenters. The van der Waals surface area contributed by atoms with E-state index in [1.807, 2.05) is 0 Å². The molecule has 2 heterocycles. The van der Waals surface area contributed by atoms with E-state index in [9.17, 15) is 14.4 Å². The van der Waals surface area contributed by atoms with Gasteiger partial charge in [0.25, 0.3) is 5.91 Å². The lowest BCUT2D eigenvalue weighted by atomic mass is 10.2. The second-order valence-electron chi connectivity index (χ2n) is 6.00. The van der Waals surface area contributed by atoms with E-state index in [1.54, 1.807) is 49.4 Å². The molecule has 0 saturated heterocycles. The molecule has 1 aliphatic rings. The smallest absolute Gasteiger partial charge is 0.397 e. The Kier molecular flexibility index (Phi) is 4.78. The lowest BCUT2D eigenvalue weighted by molar-refractivity contribution is -0.152. The first-order valence-corrected chi connectivity index (χ1v) is 8.77. The summed E-state index contributed by atoms with van der Waals surface area (Å²) >= 11 is 0. The van der Waals surface area contributed by atoms with Crippen molar-refractivity contribution >= 4 is 40.1 Å². The third-order valence-corrected chi connectivity index (χ3v) is 4.13. The van der Waals surface area contributed by atoms with Crippen molar-refractivity contribution in [2.45, 2.75) is 6.92 Å². The fourth-order valence-corrected chi connectivity index (χ4v) is 2.85. The van der Waals surface area contributed by atoms with Gasteiger partial charge >= 0.3 is 11.9 Å². The van der Waals surface area contributed by atoms with Gasteiger partial charge in [0.05, 0.1) is 6.61 Å². The van der Waals surface area contributed by atoms with E-state index in [0.717, 1.165) is 0 Å². The SMILES string of the molecule is CCOC(=O)C(=O)Nc1c(C(=O)Nc2ccc3c(c2)OCO3)oc2ccccc12. The number of rotatable bonds is 4. The lowest BCUT2D eigenvalue weighted by Crippen LogP contribution is -2.26. The summed E-state index contributed by atoms with van der Waals surface area (Å²) < 4.78 is 20.9. The number of para-hydroxylation sites is 1. The van der Waals surface area contributed by atoms with Gasteiger partial charge in [-0.15, -0.1) is 0 Å². The number of anilines is 2. The van der Waals surface area contributed by atoms with Crippen molar-refractivity contribution < 1.29 is 33.0 Å². The molecule has 1 aromatic heterocycles. The molecule has 0 saturated carbocycles. The summed E-state index contributed by atoms with van der Waals surface area (Å²) in [4.78, 5) is 36.6. The van der Waals surface area contributed by atoms with Crippen molar-refractivity contribution in [3.05, 3.63) is 48.2 Å². The topological polar surface area (TPSA) is 116 Å². The summed E-state index contributed by atoms with van der Waals surface area (Å²) in [6, 6.07) is 11.7. The minimum atomic E-state index is -1.06. The summed E-state index contributed by atoms with van der Waals surface area (Å²) in [6.45, 7) is 1.75. The minimum absolute atomic E-state index is 0.0514. The normalized spacial score (nSPS) is 11.9. The summed E-state index contributed by atoms with van der Waals surface area (Å²) in [6.07, 6.45) is 0. The van der Waals surface area contributed by atoms with Crippen LogP contribution in [0.2, 0.25) is 0 Å². The van der Waals surface area contributed by atoms with Crippen LogP contribution in [0.4, 0.5) is 11.4 Å². The van der Waals surface area contributed by atoms with Crippen molar-refractivity contribution in [1.82, 2.24) is 0 Å². The minimum Gasteiger partial charge on any atom is -0.459 e. The van der Waals surface area contributed by atoms with Gasteiger partial charge in [-0.25, -0.2) is 4.79 Å². The Hall–Kier alpha value is -4.01. The Bertz CT molecular complexity index is 1120. The maximum atomic E-state index is 12.8. The van der Waals surface area contributed by atoms with Crippen LogP contribution in [-0.2, 0) is 14.3 Å². The van der Waals surface area contributed by atoms with Gasteiger partial charge in [-0.05, 0) is 31.2 Å². The summed E-state index contributed by atoms with van der Waals surface area (Å²) in [5.74, 6) is -1.74. The molecule has 9 nitrogen and oxygen atoms in total. The van der Waals surface area contributed by atoms with Crippen LogP contribution in [0.25, 0.3) is 11.0 Å². The first kappa shape index (κ1) is 18.4. The molecule has 2 aromatic carbocycles. The zero-order valence-electron chi connectivity index (χ0n) is 15.3. The Morgan fingerprint density at radius 3 is 2.66 bits per heavy atom. The highest BCUT2D eigenvalue weighted by Gasteiger charge is 2.25. The number of hydrogen-bond acceptors (Lipinski definition) is 7. The Balaban J connectivity index is 1.64. The van der Waals surface area contributed by atoms with Crippen LogP contribution >= 0.6 is 0 Å². The Morgan fingerprint density at radius 1 is 1.03 bits per heavy atom. The standard InChI is InChI=1S/C20H16N2O7/c1-2-26-20(25)19(24)22-16-12-5-3-4-6-13(12)29-17(16)18(23)21-11-7-8-14-15(9-11)28-10-27-14/h3-9H,2,10H2,1H3,(H,21,23)(H,22,24). The summed E-state index contributed by atoms with van der Waals surface area (Å²) in [5, 5.41) is 5.57. The molecular weight excluding hydrogens is 380 g/mol. The van der Waals surface area contributed by atoms with Crippen molar-refractivity contribution in [3.63, 3.8) is 0 Å². The van der Waals surface area contributed by atoms with E-state index in [2.05, 4.69) is 10.6 Å². The molecule has 9 heteroatoms. The number of furan rings is 1. The second kappa shape index (κ2) is 7.55. The van der Waals surface area contributed by atoms with Crippen LogP contribution in [0, 0.1) is 0 Å². The van der Waals surface area contributed by atoms with Gasteiger partial charge in [0.15, 0.2) is 11.5 Å². The van der Waals surface area contributed by atoms with Crippen LogP contribution in [0.3, 0.4) is 0 Å². The number of carbonyl (C=O) groups excluding carboxylic acids is 3. The van der Waals surface area contributed by atoms with Crippen LogP contribution in [-0.4, -0.2) is 31.2 Å². The molecule has 2 N–H and O–H groups in total. The average Bonchev–Trinajstić information content (AvgIpc) is 3.32. The fraction of sp³-hybridized carbons (Fsp3) is 0.150. The molecule has 2 amide bonds. The van der Waals surface area contributed by atoms with E-state index in [1.165, 1.54) is 0 Å². The molecule has 0 aliphatic carbocycles. The third-order valence-electron chi connectivity index (χ3n) is 4.13. The highest BCUT2D eigenvalue weighted by atomic mass is 16.7. The first-order valence-electron chi connectivity index (χ1n) is 8.77. The number of nitrogens with one attached hydrogen (secondary N) is 2. The van der Waals surface area contributed by atoms with Gasteiger partial charge in [-0.2, -0.15) is 0 Å². The molecule has 0 unspecified atom stereocenters. The quantitative estimate of drug-likeness (QED) is 0.514. The molecule has 0 fully saturated rings. The molecule has 29 heavy (non-hydrogen) atoms. The third kappa shape index (κ3) is 3.57. The van der Waals surface area contributed by atoms with Gasteiger partial charge in [0, 0.05) is 17.1 Å². The van der Waals surface area contributed by atoms with Crippen LogP contribution < -0.4 is 20.1 Å². The van der Waals surface area contributed by atoms with Crippen LogP contribution in [0.5, 0.6) is 11.5 Å². The van der Waals surface area contributed by atoms with Crippen LogP contribution in [0.15, 0.2) is 46.9 Å². The number of carbonyl (C=O) groups is 3. The van der Waals surface area contributed by atoms with Crippen molar-refractivity contribution in [1.29, 1.82) is 0 Å². The van der Waals surface area contributed by atoms with Crippen molar-refractivity contribution in [3.8, 4) is 11.5 Å². The first-order chi connectivity index (χ1) is 14.1.